The molecule has 0 bridgehead atoms. The molecule has 1 atom stereocenters. The van der Waals surface area contributed by atoms with Gasteiger partial charge in [0, 0.05) is 5.56 Å². The van der Waals surface area contributed by atoms with Gasteiger partial charge in [-0.2, -0.15) is 0 Å². The number of hydrogen-bond acceptors (Lipinski definition) is 4. The van der Waals surface area contributed by atoms with Crippen LogP contribution in [0.1, 0.15) is 15.9 Å². The predicted molar refractivity (Wildman–Crippen MR) is 61.5 cm³/mol. The second-order valence-electron chi connectivity index (χ2n) is 3.71. The van der Waals surface area contributed by atoms with E-state index in [0.29, 0.717) is 5.56 Å². The van der Waals surface area contributed by atoms with Crippen LogP contribution in [-0.4, -0.2) is 36.7 Å². The van der Waals surface area contributed by atoms with Gasteiger partial charge in [0.1, 0.15) is 5.82 Å². The molecule has 0 radical (unpaired) electrons. The largest absolute Gasteiger partial charge is 0.467 e. The number of aliphatic hydroxyl groups is 1. The van der Waals surface area contributed by atoms with Gasteiger partial charge in [0.2, 0.25) is 0 Å². The number of amides is 1. The molecule has 2 N–H and O–H groups in total. The smallest absolute Gasteiger partial charge is 0.336 e. The fraction of sp³-hybridized carbons (Fsp3) is 0.333. The summed E-state index contributed by atoms with van der Waals surface area (Å²) < 4.78 is 17.3. The van der Waals surface area contributed by atoms with Gasteiger partial charge in [-0.3, -0.25) is 4.79 Å². The van der Waals surface area contributed by atoms with E-state index in [0.717, 1.165) is 7.11 Å². The summed E-state index contributed by atoms with van der Waals surface area (Å²) in [5.74, 6) is -1.73. The van der Waals surface area contributed by atoms with E-state index in [1.807, 2.05) is 0 Å². The first-order valence-electron chi connectivity index (χ1n) is 5.26. The maximum Gasteiger partial charge on any atom is 0.336 e. The molecule has 0 aromatic heterocycles. The summed E-state index contributed by atoms with van der Waals surface area (Å²) >= 11 is 0. The molecule has 6 heteroatoms. The molecule has 1 rings (SSSR count). The Hall–Kier alpha value is -1.95. The van der Waals surface area contributed by atoms with Gasteiger partial charge in [0.15, 0.2) is 6.10 Å². The number of aryl methyl sites for hydroxylation is 1. The van der Waals surface area contributed by atoms with Crippen molar-refractivity contribution in [3.63, 3.8) is 0 Å². The lowest BCUT2D eigenvalue weighted by molar-refractivity contribution is -0.149. The van der Waals surface area contributed by atoms with Crippen molar-refractivity contribution in [2.24, 2.45) is 0 Å². The molecule has 18 heavy (non-hydrogen) atoms. The number of nitrogens with one attached hydrogen (secondary N) is 1. The predicted octanol–water partition coefficient (Wildman–Crippen LogP) is 0.398. The van der Waals surface area contributed by atoms with Gasteiger partial charge in [-0.1, -0.05) is 0 Å². The van der Waals surface area contributed by atoms with Crippen LogP contribution in [0.25, 0.3) is 0 Å². The molecule has 1 unspecified atom stereocenters. The normalized spacial score (nSPS) is 11.8. The average molecular weight is 255 g/mol. The number of hydrogen-bond donors (Lipinski definition) is 2. The highest BCUT2D eigenvalue weighted by Crippen LogP contribution is 2.08. The van der Waals surface area contributed by atoms with Gasteiger partial charge in [0.25, 0.3) is 5.91 Å². The number of halogens is 1. The van der Waals surface area contributed by atoms with Crippen molar-refractivity contribution in [2.45, 2.75) is 13.0 Å². The van der Waals surface area contributed by atoms with E-state index >= 15 is 0 Å². The highest BCUT2D eigenvalue weighted by Gasteiger charge is 2.16. The molecule has 1 amide bonds. The van der Waals surface area contributed by atoms with E-state index < -0.39 is 23.8 Å². The lowest BCUT2D eigenvalue weighted by atomic mass is 10.1. The Kier molecular flexibility index (Phi) is 4.79. The summed E-state index contributed by atoms with van der Waals surface area (Å²) in [6.07, 6.45) is -1.42. The van der Waals surface area contributed by atoms with Crippen LogP contribution in [0.15, 0.2) is 18.2 Å². The van der Waals surface area contributed by atoms with Gasteiger partial charge >= 0.3 is 5.97 Å². The van der Waals surface area contributed by atoms with Crippen LogP contribution in [0.5, 0.6) is 0 Å². The Bertz CT molecular complexity index is 461. The molecular formula is C12H14FNO4. The van der Waals surface area contributed by atoms with Gasteiger partial charge in [-0.15, -0.1) is 0 Å². The third kappa shape index (κ3) is 3.53. The zero-order chi connectivity index (χ0) is 13.7. The first kappa shape index (κ1) is 14.1. The third-order valence-electron chi connectivity index (χ3n) is 2.35. The molecule has 0 saturated carbocycles. The van der Waals surface area contributed by atoms with Crippen LogP contribution in [0.3, 0.4) is 0 Å². The highest BCUT2D eigenvalue weighted by molar-refractivity contribution is 5.94. The van der Waals surface area contributed by atoms with E-state index in [2.05, 4.69) is 10.1 Å². The Morgan fingerprint density at radius 2 is 2.17 bits per heavy atom. The van der Waals surface area contributed by atoms with E-state index in [4.69, 9.17) is 0 Å². The second-order valence-corrected chi connectivity index (χ2v) is 3.71. The maximum atomic E-state index is 13.0. The number of carbonyl (C=O) groups excluding carboxylic acids is 2. The minimum Gasteiger partial charge on any atom is -0.467 e. The van der Waals surface area contributed by atoms with E-state index in [9.17, 15) is 19.1 Å². The molecular weight excluding hydrogens is 241 g/mol. The summed E-state index contributed by atoms with van der Waals surface area (Å²) in [7, 11) is 1.14. The van der Waals surface area contributed by atoms with Crippen LogP contribution in [0, 0.1) is 12.7 Å². The third-order valence-corrected chi connectivity index (χ3v) is 2.35. The second kappa shape index (κ2) is 6.11. The van der Waals surface area contributed by atoms with Crippen LogP contribution in [-0.2, 0) is 9.53 Å². The SMILES string of the molecule is COC(=O)C(O)CNC(=O)c1ccc(F)c(C)c1. The fourth-order valence-corrected chi connectivity index (χ4v) is 1.30. The number of benzene rings is 1. The Labute approximate surface area is 104 Å². The van der Waals surface area contributed by atoms with E-state index in [-0.39, 0.29) is 12.1 Å². The van der Waals surface area contributed by atoms with Gasteiger partial charge in [0.05, 0.1) is 13.7 Å². The summed E-state index contributed by atoms with van der Waals surface area (Å²) in [5.41, 5.74) is 0.599. The minimum atomic E-state index is -1.42. The number of esters is 1. The van der Waals surface area contributed by atoms with Crippen LogP contribution in [0.4, 0.5) is 4.39 Å². The van der Waals surface area contributed by atoms with Gasteiger partial charge in [-0.25, -0.2) is 9.18 Å². The van der Waals surface area contributed by atoms with Crippen LogP contribution in [0.2, 0.25) is 0 Å². The Morgan fingerprint density at radius 1 is 1.50 bits per heavy atom. The van der Waals surface area contributed by atoms with Crippen molar-refractivity contribution in [1.82, 2.24) is 5.32 Å². The molecule has 0 heterocycles. The zero-order valence-electron chi connectivity index (χ0n) is 10.1. The van der Waals surface area contributed by atoms with Crippen molar-refractivity contribution < 1.29 is 23.8 Å². The molecule has 0 fully saturated rings. The molecule has 0 saturated heterocycles. The number of rotatable bonds is 4. The van der Waals surface area contributed by atoms with E-state index in [1.54, 1.807) is 0 Å². The van der Waals surface area contributed by atoms with E-state index in [1.165, 1.54) is 25.1 Å². The molecule has 0 aliphatic rings. The molecule has 5 nitrogen and oxygen atoms in total. The van der Waals surface area contributed by atoms with Crippen molar-refractivity contribution in [2.75, 3.05) is 13.7 Å². The number of aliphatic hydroxyl groups excluding tert-OH is 1. The Morgan fingerprint density at radius 3 is 2.72 bits per heavy atom. The Balaban J connectivity index is 2.60. The molecule has 1 aromatic carbocycles. The first-order valence-corrected chi connectivity index (χ1v) is 5.26. The van der Waals surface area contributed by atoms with Crippen molar-refractivity contribution in [3.8, 4) is 0 Å². The molecule has 1 aromatic rings. The highest BCUT2D eigenvalue weighted by atomic mass is 19.1. The van der Waals surface area contributed by atoms with Crippen molar-refractivity contribution in [1.29, 1.82) is 0 Å². The number of ether oxygens (including phenoxy) is 1. The van der Waals surface area contributed by atoms with Crippen molar-refractivity contribution in [3.05, 3.63) is 35.1 Å². The van der Waals surface area contributed by atoms with Crippen molar-refractivity contribution >= 4 is 11.9 Å². The molecule has 0 aliphatic carbocycles. The average Bonchev–Trinajstić information content (AvgIpc) is 2.37. The topological polar surface area (TPSA) is 75.6 Å². The maximum absolute atomic E-state index is 13.0. The fourth-order valence-electron chi connectivity index (χ4n) is 1.30. The lowest BCUT2D eigenvalue weighted by Gasteiger charge is -2.10. The molecule has 98 valence electrons. The quantitative estimate of drug-likeness (QED) is 0.763. The number of methoxy groups -OCH3 is 1. The number of carbonyl (C=O) groups is 2. The standard InChI is InChI=1S/C12H14FNO4/c1-7-5-8(3-4-9(7)13)11(16)14-6-10(15)12(17)18-2/h3-5,10,15H,6H2,1-2H3,(H,14,16). The van der Waals surface area contributed by atoms with Crippen LogP contribution < -0.4 is 5.32 Å². The summed E-state index contributed by atoms with van der Waals surface area (Å²) in [5, 5.41) is 11.6. The first-order chi connectivity index (χ1) is 8.45. The summed E-state index contributed by atoms with van der Waals surface area (Å²) in [6, 6.07) is 3.89. The summed E-state index contributed by atoms with van der Waals surface area (Å²) in [6.45, 7) is 1.28. The molecule has 0 aliphatic heterocycles. The van der Waals surface area contributed by atoms with Gasteiger partial charge < -0.3 is 15.2 Å². The monoisotopic (exact) mass is 255 g/mol. The summed E-state index contributed by atoms with van der Waals surface area (Å²) in [4.78, 5) is 22.5. The van der Waals surface area contributed by atoms with Crippen LogP contribution >= 0.6 is 0 Å². The molecule has 0 spiro atoms. The minimum absolute atomic E-state index is 0.256. The zero-order valence-corrected chi connectivity index (χ0v) is 10.1. The lowest BCUT2D eigenvalue weighted by Crippen LogP contribution is -2.37. The van der Waals surface area contributed by atoms with Gasteiger partial charge in [-0.05, 0) is 30.7 Å².